The van der Waals surface area contributed by atoms with Gasteiger partial charge < -0.3 is 14.6 Å². The van der Waals surface area contributed by atoms with E-state index in [9.17, 15) is 9.90 Å². The van der Waals surface area contributed by atoms with Crippen LogP contribution in [0.5, 0.6) is 11.5 Å². The van der Waals surface area contributed by atoms with Crippen molar-refractivity contribution in [2.24, 2.45) is 5.10 Å². The molecule has 2 aromatic carbocycles. The van der Waals surface area contributed by atoms with Gasteiger partial charge in [-0.1, -0.05) is 30.3 Å². The molecular weight excluding hydrogens is 296 g/mol. The number of aromatic hydroxyl groups is 1. The number of phenols is 1. The van der Waals surface area contributed by atoms with Gasteiger partial charge in [-0.15, -0.1) is 0 Å². The van der Waals surface area contributed by atoms with E-state index in [0.717, 1.165) is 5.56 Å². The number of nitrogens with one attached hydrogen (secondary N) is 1. The first-order valence-electron chi connectivity index (χ1n) is 7.01. The fraction of sp³-hybridized carbons (Fsp3) is 0.176. The molecule has 6 heteroatoms. The average molecular weight is 314 g/mol. The van der Waals surface area contributed by atoms with E-state index in [4.69, 9.17) is 9.47 Å². The molecule has 2 rings (SSSR count). The van der Waals surface area contributed by atoms with Crippen molar-refractivity contribution < 1.29 is 19.4 Å². The first kappa shape index (κ1) is 16.5. The van der Waals surface area contributed by atoms with Crippen molar-refractivity contribution in [3.63, 3.8) is 0 Å². The van der Waals surface area contributed by atoms with Crippen LogP contribution in [0.15, 0.2) is 53.6 Å². The van der Waals surface area contributed by atoms with Crippen molar-refractivity contribution in [3.05, 3.63) is 59.7 Å². The number of methoxy groups -OCH3 is 1. The quantitative estimate of drug-likeness (QED) is 0.467. The third kappa shape index (κ3) is 5.12. The first-order chi connectivity index (χ1) is 11.2. The van der Waals surface area contributed by atoms with Crippen LogP contribution in [0.4, 0.5) is 0 Å². The molecule has 0 aliphatic heterocycles. The van der Waals surface area contributed by atoms with Crippen molar-refractivity contribution >= 4 is 12.1 Å². The average Bonchev–Trinajstić information content (AvgIpc) is 2.58. The zero-order valence-electron chi connectivity index (χ0n) is 12.7. The lowest BCUT2D eigenvalue weighted by Gasteiger charge is -2.05. The highest BCUT2D eigenvalue weighted by molar-refractivity contribution is 5.97. The van der Waals surface area contributed by atoms with Crippen molar-refractivity contribution in [2.75, 3.05) is 13.7 Å². The normalized spacial score (nSPS) is 10.7. The molecule has 0 saturated carbocycles. The van der Waals surface area contributed by atoms with Crippen LogP contribution in [0.25, 0.3) is 0 Å². The standard InChI is InChI=1S/C17H18N2O4/c1-22-14-7-8-15(16(20)11-14)17(21)19-18-9-10-23-12-13-5-3-2-4-6-13/h2-9,11,20H,10,12H2,1H3,(H,19,21). The maximum atomic E-state index is 11.9. The Balaban J connectivity index is 1.75. The number of nitrogens with zero attached hydrogens (tertiary/aromatic N) is 1. The predicted molar refractivity (Wildman–Crippen MR) is 86.7 cm³/mol. The molecule has 2 N–H and O–H groups in total. The second-order valence-electron chi connectivity index (χ2n) is 4.64. The van der Waals surface area contributed by atoms with Crippen LogP contribution in [0, 0.1) is 0 Å². The monoisotopic (exact) mass is 314 g/mol. The van der Waals surface area contributed by atoms with Gasteiger partial charge >= 0.3 is 0 Å². The minimum atomic E-state index is -0.510. The second kappa shape index (κ2) is 8.55. The van der Waals surface area contributed by atoms with Gasteiger partial charge in [-0.2, -0.15) is 5.10 Å². The summed E-state index contributed by atoms with van der Waals surface area (Å²) in [5.41, 5.74) is 3.51. The second-order valence-corrected chi connectivity index (χ2v) is 4.64. The molecule has 0 fully saturated rings. The van der Waals surface area contributed by atoms with Gasteiger partial charge in [-0.25, -0.2) is 5.43 Å². The third-order valence-electron chi connectivity index (χ3n) is 3.01. The molecule has 1 amide bonds. The summed E-state index contributed by atoms with van der Waals surface area (Å²) < 4.78 is 10.3. The van der Waals surface area contributed by atoms with Crippen LogP contribution < -0.4 is 10.2 Å². The Bertz CT molecular complexity index is 672. The molecule has 23 heavy (non-hydrogen) atoms. The Morgan fingerprint density at radius 2 is 2.04 bits per heavy atom. The van der Waals surface area contributed by atoms with Crippen molar-refractivity contribution in [3.8, 4) is 11.5 Å². The Morgan fingerprint density at radius 1 is 1.26 bits per heavy atom. The fourth-order valence-corrected chi connectivity index (χ4v) is 1.84. The predicted octanol–water partition coefficient (Wildman–Crippen LogP) is 2.33. The van der Waals surface area contributed by atoms with Crippen LogP contribution in [-0.4, -0.2) is 30.9 Å². The highest BCUT2D eigenvalue weighted by Gasteiger charge is 2.10. The number of ether oxygens (including phenoxy) is 2. The molecule has 0 bridgehead atoms. The molecule has 0 aliphatic carbocycles. The highest BCUT2D eigenvalue weighted by atomic mass is 16.5. The summed E-state index contributed by atoms with van der Waals surface area (Å²) in [5, 5.41) is 13.5. The molecule has 6 nitrogen and oxygen atoms in total. The zero-order valence-corrected chi connectivity index (χ0v) is 12.7. The van der Waals surface area contributed by atoms with Crippen molar-refractivity contribution in [1.29, 1.82) is 0 Å². The highest BCUT2D eigenvalue weighted by Crippen LogP contribution is 2.23. The molecule has 0 spiro atoms. The molecule has 0 unspecified atom stereocenters. The number of hydrogen-bond donors (Lipinski definition) is 2. The number of amides is 1. The van der Waals surface area contributed by atoms with E-state index in [1.54, 1.807) is 6.07 Å². The number of carbonyl (C=O) groups is 1. The van der Waals surface area contributed by atoms with Crippen LogP contribution in [0.3, 0.4) is 0 Å². The topological polar surface area (TPSA) is 80.2 Å². The van der Waals surface area contributed by atoms with Crippen LogP contribution >= 0.6 is 0 Å². The Labute approximate surface area is 134 Å². The Kier molecular flexibility index (Phi) is 6.14. The van der Waals surface area contributed by atoms with Gasteiger partial charge in [0.05, 0.1) is 32.1 Å². The van der Waals surface area contributed by atoms with Crippen molar-refractivity contribution in [1.82, 2.24) is 5.43 Å². The number of hydrogen-bond acceptors (Lipinski definition) is 5. The van der Waals surface area contributed by atoms with Gasteiger partial charge in [0.2, 0.25) is 0 Å². The maximum Gasteiger partial charge on any atom is 0.275 e. The molecule has 120 valence electrons. The lowest BCUT2D eigenvalue weighted by Crippen LogP contribution is -2.18. The maximum absolute atomic E-state index is 11.9. The molecule has 0 aliphatic rings. The van der Waals surface area contributed by atoms with E-state index < -0.39 is 5.91 Å². The minimum Gasteiger partial charge on any atom is -0.507 e. The van der Waals surface area contributed by atoms with E-state index in [-0.39, 0.29) is 17.9 Å². The molecule has 0 heterocycles. The summed E-state index contributed by atoms with van der Waals surface area (Å²) in [6, 6.07) is 14.2. The lowest BCUT2D eigenvalue weighted by molar-refractivity contribution is 0.0951. The Morgan fingerprint density at radius 3 is 2.74 bits per heavy atom. The lowest BCUT2D eigenvalue weighted by atomic mass is 10.2. The molecule has 0 atom stereocenters. The van der Waals surface area contributed by atoms with Gasteiger partial charge in [-0.3, -0.25) is 4.79 Å². The summed E-state index contributed by atoms with van der Waals surface area (Å²) in [5.74, 6) is -0.210. The van der Waals surface area contributed by atoms with E-state index in [0.29, 0.717) is 12.4 Å². The van der Waals surface area contributed by atoms with Gasteiger partial charge in [0.25, 0.3) is 5.91 Å². The minimum absolute atomic E-state index is 0.119. The number of carbonyl (C=O) groups excluding carboxylic acids is 1. The van der Waals surface area contributed by atoms with Crippen molar-refractivity contribution in [2.45, 2.75) is 6.61 Å². The smallest absolute Gasteiger partial charge is 0.275 e. The van der Waals surface area contributed by atoms with Crippen LogP contribution in [-0.2, 0) is 11.3 Å². The van der Waals surface area contributed by atoms with Gasteiger partial charge in [0.15, 0.2) is 0 Å². The zero-order chi connectivity index (χ0) is 16.5. The summed E-state index contributed by atoms with van der Waals surface area (Å²) in [4.78, 5) is 11.9. The number of phenolic OH excluding ortho intramolecular Hbond substituents is 1. The van der Waals surface area contributed by atoms with Gasteiger partial charge in [0, 0.05) is 6.07 Å². The van der Waals surface area contributed by atoms with E-state index >= 15 is 0 Å². The van der Waals surface area contributed by atoms with E-state index in [2.05, 4.69) is 10.5 Å². The molecule has 0 saturated heterocycles. The molecule has 0 aromatic heterocycles. The largest absolute Gasteiger partial charge is 0.507 e. The summed E-state index contributed by atoms with van der Waals surface area (Å²) in [6.45, 7) is 0.740. The van der Waals surface area contributed by atoms with E-state index in [1.807, 2.05) is 30.3 Å². The Hall–Kier alpha value is -2.86. The first-order valence-corrected chi connectivity index (χ1v) is 7.01. The number of hydrazone groups is 1. The van der Waals surface area contributed by atoms with Gasteiger partial charge in [-0.05, 0) is 17.7 Å². The number of benzene rings is 2. The molecule has 2 aromatic rings. The molecule has 0 radical (unpaired) electrons. The SMILES string of the molecule is COc1ccc(C(=O)NN=CCOCc2ccccc2)c(O)c1. The number of rotatable bonds is 7. The third-order valence-corrected chi connectivity index (χ3v) is 3.01. The fourth-order valence-electron chi connectivity index (χ4n) is 1.84. The summed E-state index contributed by atoms with van der Waals surface area (Å²) >= 11 is 0. The van der Waals surface area contributed by atoms with Crippen LogP contribution in [0.1, 0.15) is 15.9 Å². The van der Waals surface area contributed by atoms with E-state index in [1.165, 1.54) is 25.5 Å². The van der Waals surface area contributed by atoms with Crippen LogP contribution in [0.2, 0.25) is 0 Å². The molecular formula is C17H18N2O4. The van der Waals surface area contributed by atoms with Gasteiger partial charge in [0.1, 0.15) is 11.5 Å². The summed E-state index contributed by atoms with van der Waals surface area (Å²) in [6.07, 6.45) is 1.45. The summed E-state index contributed by atoms with van der Waals surface area (Å²) in [7, 11) is 1.48.